The molecule has 1 aliphatic heterocycles. The van der Waals surface area contributed by atoms with E-state index >= 15 is 0 Å². The highest BCUT2D eigenvalue weighted by atomic mass is 32.2. The van der Waals surface area contributed by atoms with Crippen molar-refractivity contribution >= 4 is 21.6 Å². The number of aryl methyl sites for hydroxylation is 1. The number of benzene rings is 2. The van der Waals surface area contributed by atoms with Gasteiger partial charge in [0.2, 0.25) is 15.9 Å². The zero-order valence-electron chi connectivity index (χ0n) is 16.7. The summed E-state index contributed by atoms with van der Waals surface area (Å²) in [6, 6.07) is 12.4. The van der Waals surface area contributed by atoms with Crippen LogP contribution in [0.3, 0.4) is 0 Å². The molecule has 1 amide bonds. The number of hydrogen-bond donors (Lipinski definition) is 0. The minimum atomic E-state index is -3.70. The van der Waals surface area contributed by atoms with Crippen molar-refractivity contribution < 1.29 is 17.9 Å². The van der Waals surface area contributed by atoms with E-state index in [1.54, 1.807) is 24.0 Å². The van der Waals surface area contributed by atoms with Gasteiger partial charge in [-0.25, -0.2) is 8.42 Å². The van der Waals surface area contributed by atoms with E-state index in [1.807, 2.05) is 31.2 Å². The fourth-order valence-electron chi connectivity index (χ4n) is 3.70. The lowest BCUT2D eigenvalue weighted by Gasteiger charge is -2.35. The molecule has 6 nitrogen and oxygen atoms in total. The van der Waals surface area contributed by atoms with E-state index in [9.17, 15) is 13.2 Å². The molecule has 2 aromatic rings. The van der Waals surface area contributed by atoms with Gasteiger partial charge in [-0.3, -0.25) is 9.10 Å². The molecule has 2 aromatic carbocycles. The van der Waals surface area contributed by atoms with Crippen molar-refractivity contribution in [1.82, 2.24) is 4.90 Å². The molecule has 0 radical (unpaired) electrons. The van der Waals surface area contributed by atoms with Crippen molar-refractivity contribution in [3.8, 4) is 5.75 Å². The Labute approximate surface area is 166 Å². The number of amides is 1. The summed E-state index contributed by atoms with van der Waals surface area (Å²) in [4.78, 5) is 15.0. The van der Waals surface area contributed by atoms with E-state index < -0.39 is 16.1 Å². The minimum Gasteiger partial charge on any atom is -0.495 e. The van der Waals surface area contributed by atoms with Crippen molar-refractivity contribution in [3.63, 3.8) is 0 Å². The lowest BCUT2D eigenvalue weighted by Crippen LogP contribution is -2.50. The topological polar surface area (TPSA) is 66.9 Å². The van der Waals surface area contributed by atoms with Gasteiger partial charge < -0.3 is 9.64 Å². The molecule has 0 bridgehead atoms. The maximum Gasteiger partial charge on any atom is 0.246 e. The smallest absolute Gasteiger partial charge is 0.246 e. The molecule has 7 heteroatoms. The highest BCUT2D eigenvalue weighted by molar-refractivity contribution is 7.92. The summed E-state index contributed by atoms with van der Waals surface area (Å²) in [6.07, 6.45) is 1.88. The zero-order valence-corrected chi connectivity index (χ0v) is 17.5. The minimum absolute atomic E-state index is 0.219. The van der Waals surface area contributed by atoms with Gasteiger partial charge in [-0.05, 0) is 49.1 Å². The predicted molar refractivity (Wildman–Crippen MR) is 110 cm³/mol. The van der Waals surface area contributed by atoms with Crippen LogP contribution >= 0.6 is 0 Å². The number of fused-ring (bicyclic) bond motifs is 1. The van der Waals surface area contributed by atoms with Crippen molar-refractivity contribution in [3.05, 3.63) is 59.2 Å². The number of nitrogens with zero attached hydrogens (tertiary/aromatic N) is 2. The Morgan fingerprint density at radius 2 is 1.86 bits per heavy atom. The van der Waals surface area contributed by atoms with Crippen molar-refractivity contribution in [2.45, 2.75) is 32.9 Å². The van der Waals surface area contributed by atoms with E-state index in [0.717, 1.165) is 23.8 Å². The van der Waals surface area contributed by atoms with Crippen LogP contribution in [0.5, 0.6) is 5.75 Å². The molecule has 0 spiro atoms. The molecule has 0 N–H and O–H groups in total. The SMILES string of the molecule is COc1ccc(C)cc1N([C@H](C)C(=O)N1CCc2ccccc2C1)S(C)(=O)=O. The van der Waals surface area contributed by atoms with Gasteiger partial charge in [0.05, 0.1) is 19.1 Å². The lowest BCUT2D eigenvalue weighted by molar-refractivity contribution is -0.132. The van der Waals surface area contributed by atoms with Gasteiger partial charge in [0.15, 0.2) is 0 Å². The number of sulfonamides is 1. The van der Waals surface area contributed by atoms with Gasteiger partial charge in [0.25, 0.3) is 0 Å². The summed E-state index contributed by atoms with van der Waals surface area (Å²) in [6.45, 7) is 4.56. The lowest BCUT2D eigenvalue weighted by atomic mass is 9.99. The van der Waals surface area contributed by atoms with Crippen molar-refractivity contribution in [2.24, 2.45) is 0 Å². The first-order valence-electron chi connectivity index (χ1n) is 9.22. The second-order valence-electron chi connectivity index (χ2n) is 7.19. The molecule has 150 valence electrons. The Balaban J connectivity index is 1.94. The first-order valence-corrected chi connectivity index (χ1v) is 11.1. The van der Waals surface area contributed by atoms with Crippen LogP contribution in [0.25, 0.3) is 0 Å². The van der Waals surface area contributed by atoms with Crippen LogP contribution in [0.15, 0.2) is 42.5 Å². The van der Waals surface area contributed by atoms with Crippen LogP contribution in [0.1, 0.15) is 23.6 Å². The number of ether oxygens (including phenoxy) is 1. The molecular weight excluding hydrogens is 376 g/mol. The molecular formula is C21H26N2O4S. The van der Waals surface area contributed by atoms with E-state index in [4.69, 9.17) is 4.74 Å². The molecule has 0 aliphatic carbocycles. The maximum atomic E-state index is 13.2. The van der Waals surface area contributed by atoms with Crippen LogP contribution in [-0.4, -0.2) is 45.2 Å². The molecule has 0 saturated carbocycles. The van der Waals surface area contributed by atoms with Crippen molar-refractivity contribution in [1.29, 1.82) is 0 Å². The summed E-state index contributed by atoms with van der Waals surface area (Å²) in [5.74, 6) is 0.197. The first-order chi connectivity index (χ1) is 13.2. The Kier molecular flexibility index (Phi) is 5.65. The summed E-state index contributed by atoms with van der Waals surface area (Å²) >= 11 is 0. The molecule has 3 rings (SSSR count). The number of carbonyl (C=O) groups is 1. The first kappa shape index (κ1) is 20.2. The third-order valence-corrected chi connectivity index (χ3v) is 6.31. The molecule has 1 aliphatic rings. The Morgan fingerprint density at radius 3 is 2.50 bits per heavy atom. The fourth-order valence-corrected chi connectivity index (χ4v) is 4.86. The molecule has 0 aromatic heterocycles. The van der Waals surface area contributed by atoms with Crippen LogP contribution in [0.4, 0.5) is 5.69 Å². The maximum absolute atomic E-state index is 13.2. The van der Waals surface area contributed by atoms with E-state index in [2.05, 4.69) is 6.07 Å². The predicted octanol–water partition coefficient (Wildman–Crippen LogP) is 2.74. The highest BCUT2D eigenvalue weighted by Gasteiger charge is 2.34. The average molecular weight is 403 g/mol. The Hall–Kier alpha value is -2.54. The summed E-state index contributed by atoms with van der Waals surface area (Å²) in [5.41, 5.74) is 3.60. The van der Waals surface area contributed by atoms with Gasteiger partial charge >= 0.3 is 0 Å². The second-order valence-corrected chi connectivity index (χ2v) is 9.05. The summed E-state index contributed by atoms with van der Waals surface area (Å²) in [5, 5.41) is 0. The molecule has 0 unspecified atom stereocenters. The van der Waals surface area contributed by atoms with Gasteiger partial charge in [0.1, 0.15) is 11.8 Å². The fraction of sp³-hybridized carbons (Fsp3) is 0.381. The molecule has 1 heterocycles. The van der Waals surface area contributed by atoms with E-state index in [0.29, 0.717) is 24.5 Å². The van der Waals surface area contributed by atoms with Crippen molar-refractivity contribution in [2.75, 3.05) is 24.2 Å². The molecule has 1 atom stereocenters. The Bertz CT molecular complexity index is 988. The van der Waals surface area contributed by atoms with Crippen LogP contribution < -0.4 is 9.04 Å². The van der Waals surface area contributed by atoms with Gasteiger partial charge in [-0.15, -0.1) is 0 Å². The largest absolute Gasteiger partial charge is 0.495 e. The van der Waals surface area contributed by atoms with Crippen LogP contribution in [-0.2, 0) is 27.8 Å². The zero-order chi connectivity index (χ0) is 20.5. The third kappa shape index (κ3) is 3.99. The van der Waals surface area contributed by atoms with Crippen LogP contribution in [0, 0.1) is 6.92 Å². The van der Waals surface area contributed by atoms with Gasteiger partial charge in [0, 0.05) is 13.1 Å². The monoisotopic (exact) mass is 402 g/mol. The molecule has 28 heavy (non-hydrogen) atoms. The van der Waals surface area contributed by atoms with Gasteiger partial charge in [-0.1, -0.05) is 30.3 Å². The number of anilines is 1. The molecule has 0 fully saturated rings. The number of methoxy groups -OCH3 is 1. The number of carbonyl (C=O) groups excluding carboxylic acids is 1. The third-order valence-electron chi connectivity index (χ3n) is 5.08. The standard InChI is InChI=1S/C21H26N2O4S/c1-15-9-10-20(27-3)19(13-15)23(28(4,25)26)16(2)21(24)22-12-11-17-7-5-6-8-18(17)14-22/h5-10,13,16H,11-12,14H2,1-4H3/t16-/m1/s1. The van der Waals surface area contributed by atoms with E-state index in [1.165, 1.54) is 17.0 Å². The second kappa shape index (κ2) is 7.83. The highest BCUT2D eigenvalue weighted by Crippen LogP contribution is 2.33. The Morgan fingerprint density at radius 1 is 1.18 bits per heavy atom. The van der Waals surface area contributed by atoms with E-state index in [-0.39, 0.29) is 5.91 Å². The normalized spacial score (nSPS) is 14.9. The number of rotatable bonds is 5. The average Bonchev–Trinajstić information content (AvgIpc) is 2.66. The summed E-state index contributed by atoms with van der Waals surface area (Å²) in [7, 11) is -2.22. The number of hydrogen-bond acceptors (Lipinski definition) is 4. The van der Waals surface area contributed by atoms with Crippen LogP contribution in [0.2, 0.25) is 0 Å². The summed E-state index contributed by atoms with van der Waals surface area (Å²) < 4.78 is 31.8. The quantitative estimate of drug-likeness (QED) is 0.771. The molecule has 0 saturated heterocycles. The van der Waals surface area contributed by atoms with Gasteiger partial charge in [-0.2, -0.15) is 0 Å².